The maximum absolute atomic E-state index is 4.81. The zero-order chi connectivity index (χ0) is 11.9. The summed E-state index contributed by atoms with van der Waals surface area (Å²) in [5, 5.41) is 5.98. The van der Waals surface area contributed by atoms with E-state index in [-0.39, 0.29) is 0 Å². The van der Waals surface area contributed by atoms with Crippen LogP contribution in [0.25, 0.3) is 21.3 Å². The highest BCUT2D eigenvalue weighted by Gasteiger charge is 2.26. The Labute approximate surface area is 110 Å². The molecular weight excluding hydrogens is 238 g/mol. The van der Waals surface area contributed by atoms with Gasteiger partial charge in [0.15, 0.2) is 0 Å². The Hall–Kier alpha value is -1.67. The first kappa shape index (κ1) is 10.3. The quantitative estimate of drug-likeness (QED) is 0.635. The maximum atomic E-state index is 4.81. The van der Waals surface area contributed by atoms with Crippen LogP contribution in [0.4, 0.5) is 0 Å². The summed E-state index contributed by atoms with van der Waals surface area (Å²) in [5.41, 5.74) is 2.56. The molecule has 0 atom stereocenters. The van der Waals surface area contributed by atoms with E-state index in [1.807, 2.05) is 0 Å². The molecule has 1 aliphatic rings. The highest BCUT2D eigenvalue weighted by atomic mass is 32.1. The molecule has 0 spiro atoms. The molecule has 0 radical (unpaired) electrons. The van der Waals surface area contributed by atoms with Gasteiger partial charge in [-0.15, -0.1) is 11.3 Å². The first-order valence-corrected chi connectivity index (χ1v) is 7.23. The molecule has 0 saturated heterocycles. The van der Waals surface area contributed by atoms with Gasteiger partial charge in [-0.1, -0.05) is 42.5 Å². The lowest BCUT2D eigenvalue weighted by molar-refractivity contribution is 1.05. The first-order chi connectivity index (χ1) is 8.92. The van der Waals surface area contributed by atoms with E-state index in [9.17, 15) is 0 Å². The van der Waals surface area contributed by atoms with Crippen molar-refractivity contribution in [3.63, 3.8) is 0 Å². The molecule has 0 amide bonds. The normalized spacial score (nSPS) is 15.1. The highest BCUT2D eigenvalue weighted by Crippen LogP contribution is 2.42. The second kappa shape index (κ2) is 3.92. The van der Waals surface area contributed by atoms with Gasteiger partial charge in [0.2, 0.25) is 0 Å². The smallest absolute Gasteiger partial charge is 0.124 e. The number of nitrogens with zero attached hydrogens (tertiary/aromatic N) is 1. The molecule has 1 aliphatic carbocycles. The second-order valence-corrected chi connectivity index (χ2v) is 5.74. The van der Waals surface area contributed by atoms with Crippen molar-refractivity contribution in [2.24, 2.45) is 0 Å². The molecule has 0 unspecified atom stereocenters. The van der Waals surface area contributed by atoms with E-state index in [0.717, 1.165) is 10.9 Å². The number of hydrogen-bond donors (Lipinski definition) is 0. The van der Waals surface area contributed by atoms with E-state index in [4.69, 9.17) is 4.98 Å². The fraction of sp³-hybridized carbons (Fsp3) is 0.188. The molecule has 1 aromatic heterocycles. The summed E-state index contributed by atoms with van der Waals surface area (Å²) in [6, 6.07) is 15.0. The molecule has 4 rings (SSSR count). The number of aromatic nitrogens is 1. The van der Waals surface area contributed by atoms with Gasteiger partial charge in [-0.2, -0.15) is 0 Å². The lowest BCUT2D eigenvalue weighted by atomic mass is 10.1. The molecule has 0 N–H and O–H groups in total. The summed E-state index contributed by atoms with van der Waals surface area (Å²) in [6.45, 7) is 0. The van der Waals surface area contributed by atoms with Crippen LogP contribution in [-0.2, 0) is 0 Å². The Kier molecular flexibility index (Phi) is 2.24. The summed E-state index contributed by atoms with van der Waals surface area (Å²) in [4.78, 5) is 4.81. The number of hydrogen-bond acceptors (Lipinski definition) is 2. The van der Waals surface area contributed by atoms with Gasteiger partial charge in [-0.25, -0.2) is 4.98 Å². The molecule has 0 bridgehead atoms. The third-order valence-electron chi connectivity index (χ3n) is 3.54. The van der Waals surface area contributed by atoms with Crippen LogP contribution in [0.5, 0.6) is 0 Å². The van der Waals surface area contributed by atoms with Gasteiger partial charge >= 0.3 is 0 Å². The van der Waals surface area contributed by atoms with Gasteiger partial charge < -0.3 is 0 Å². The maximum Gasteiger partial charge on any atom is 0.124 e. The van der Waals surface area contributed by atoms with Gasteiger partial charge in [0.1, 0.15) is 5.01 Å². The van der Waals surface area contributed by atoms with Crippen molar-refractivity contribution < 1.29 is 0 Å². The minimum atomic E-state index is 0.741. The monoisotopic (exact) mass is 251 g/mol. The minimum Gasteiger partial charge on any atom is -0.241 e. The molecule has 2 heteroatoms. The van der Waals surface area contributed by atoms with Crippen LogP contribution in [0.2, 0.25) is 0 Å². The van der Waals surface area contributed by atoms with Gasteiger partial charge in [0, 0.05) is 16.9 Å². The summed E-state index contributed by atoms with van der Waals surface area (Å²) >= 11 is 1.77. The first-order valence-electron chi connectivity index (χ1n) is 6.35. The molecule has 18 heavy (non-hydrogen) atoms. The second-order valence-electron chi connectivity index (χ2n) is 4.88. The molecule has 88 valence electrons. The van der Waals surface area contributed by atoms with Crippen LogP contribution >= 0.6 is 11.3 Å². The molecule has 1 nitrogen and oxygen atoms in total. The van der Waals surface area contributed by atoms with Crippen LogP contribution in [0.3, 0.4) is 0 Å². The Balaban J connectivity index is 1.89. The molecule has 1 saturated carbocycles. The van der Waals surface area contributed by atoms with E-state index < -0.39 is 0 Å². The van der Waals surface area contributed by atoms with Crippen LogP contribution in [0.1, 0.15) is 24.5 Å². The number of rotatable bonds is 2. The third kappa shape index (κ3) is 1.65. The Morgan fingerprint density at radius 3 is 2.72 bits per heavy atom. The zero-order valence-corrected chi connectivity index (χ0v) is 10.8. The van der Waals surface area contributed by atoms with Gasteiger partial charge in [0.05, 0.1) is 5.69 Å². The van der Waals surface area contributed by atoms with Gasteiger partial charge in [-0.3, -0.25) is 0 Å². The van der Waals surface area contributed by atoms with E-state index in [0.29, 0.717) is 0 Å². The number of fused-ring (bicyclic) bond motifs is 1. The molecule has 0 aliphatic heterocycles. The highest BCUT2D eigenvalue weighted by molar-refractivity contribution is 7.13. The molecular formula is C16H13NS. The summed E-state index contributed by atoms with van der Waals surface area (Å²) in [6.07, 6.45) is 2.64. The van der Waals surface area contributed by atoms with E-state index in [1.165, 1.54) is 34.9 Å². The Morgan fingerprint density at radius 1 is 1.00 bits per heavy atom. The van der Waals surface area contributed by atoms with Crippen molar-refractivity contribution in [3.8, 4) is 10.6 Å². The van der Waals surface area contributed by atoms with Crippen molar-refractivity contribution in [2.45, 2.75) is 18.8 Å². The Bertz CT molecular complexity index is 704. The fourth-order valence-electron chi connectivity index (χ4n) is 2.39. The molecule has 1 heterocycles. The summed E-state index contributed by atoms with van der Waals surface area (Å²) in [5.74, 6) is 0.741. The third-order valence-corrected chi connectivity index (χ3v) is 4.43. The summed E-state index contributed by atoms with van der Waals surface area (Å²) in [7, 11) is 0. The van der Waals surface area contributed by atoms with E-state index in [1.54, 1.807) is 11.3 Å². The lowest BCUT2D eigenvalue weighted by Gasteiger charge is -2.02. The molecule has 3 aromatic rings. The van der Waals surface area contributed by atoms with Crippen LogP contribution < -0.4 is 0 Å². The van der Waals surface area contributed by atoms with Crippen molar-refractivity contribution in [1.29, 1.82) is 0 Å². The zero-order valence-electron chi connectivity index (χ0n) is 9.97. The van der Waals surface area contributed by atoms with E-state index >= 15 is 0 Å². The summed E-state index contributed by atoms with van der Waals surface area (Å²) < 4.78 is 0. The van der Waals surface area contributed by atoms with Crippen LogP contribution in [-0.4, -0.2) is 4.98 Å². The SMILES string of the molecule is c1ccc2c(-c3nc(C4CC4)cs3)cccc2c1. The predicted molar refractivity (Wildman–Crippen MR) is 77.0 cm³/mol. The molecule has 2 aromatic carbocycles. The average molecular weight is 251 g/mol. The minimum absolute atomic E-state index is 0.741. The lowest BCUT2D eigenvalue weighted by Crippen LogP contribution is -1.82. The van der Waals surface area contributed by atoms with Crippen molar-refractivity contribution in [1.82, 2.24) is 4.98 Å². The largest absolute Gasteiger partial charge is 0.241 e. The van der Waals surface area contributed by atoms with Crippen molar-refractivity contribution in [3.05, 3.63) is 53.5 Å². The topological polar surface area (TPSA) is 12.9 Å². The standard InChI is InChI=1S/C16H13NS/c1-2-6-13-11(4-1)5-3-7-14(13)16-17-15(10-18-16)12-8-9-12/h1-7,10,12H,8-9H2. The van der Waals surface area contributed by atoms with Gasteiger partial charge in [-0.05, 0) is 23.6 Å². The van der Waals surface area contributed by atoms with Crippen molar-refractivity contribution >= 4 is 22.1 Å². The number of benzene rings is 2. The van der Waals surface area contributed by atoms with E-state index in [2.05, 4.69) is 47.8 Å². The van der Waals surface area contributed by atoms with Gasteiger partial charge in [0.25, 0.3) is 0 Å². The fourth-order valence-corrected chi connectivity index (χ4v) is 3.33. The van der Waals surface area contributed by atoms with Crippen LogP contribution in [0.15, 0.2) is 47.8 Å². The molecule has 1 fully saturated rings. The number of thiazole rings is 1. The average Bonchev–Trinajstić information content (AvgIpc) is 3.16. The Morgan fingerprint density at radius 2 is 1.83 bits per heavy atom. The van der Waals surface area contributed by atoms with Crippen molar-refractivity contribution in [2.75, 3.05) is 0 Å². The van der Waals surface area contributed by atoms with Crippen LogP contribution in [0, 0.1) is 0 Å². The predicted octanol–water partition coefficient (Wildman–Crippen LogP) is 4.84.